The number of piperidine rings is 1. The quantitative estimate of drug-likeness (QED) is 0.920. The van der Waals surface area contributed by atoms with Gasteiger partial charge in [0.05, 0.1) is 16.4 Å². The third kappa shape index (κ3) is 3.21. The van der Waals surface area contributed by atoms with Crippen LogP contribution in [0, 0.1) is 5.92 Å². The minimum atomic E-state index is 0.498. The van der Waals surface area contributed by atoms with Crippen molar-refractivity contribution in [2.45, 2.75) is 32.4 Å². The van der Waals surface area contributed by atoms with Gasteiger partial charge in [0.2, 0.25) is 0 Å². The van der Waals surface area contributed by atoms with Gasteiger partial charge in [0.1, 0.15) is 0 Å². The molecule has 1 aliphatic heterocycles. The monoisotopic (exact) mass is 295 g/mol. The highest BCUT2D eigenvalue weighted by molar-refractivity contribution is 6.34. The number of para-hydroxylation sites is 1. The summed E-state index contributed by atoms with van der Waals surface area (Å²) in [4.78, 5) is 4.52. The molecule has 3 atom stereocenters. The van der Waals surface area contributed by atoms with E-state index in [1.54, 1.807) is 0 Å². The number of nitrogens with zero attached hydrogens (tertiary/aromatic N) is 2. The summed E-state index contributed by atoms with van der Waals surface area (Å²) in [5.74, 6) is 0.630. The molecule has 112 valence electrons. The summed E-state index contributed by atoms with van der Waals surface area (Å²) in [5, 5.41) is 4.52. The van der Waals surface area contributed by atoms with Crippen LogP contribution in [-0.4, -0.2) is 44.7 Å². The van der Waals surface area contributed by atoms with Crippen molar-refractivity contribution < 1.29 is 0 Å². The fraction of sp³-hybridized carbons (Fsp3) is 0.625. The molecule has 0 amide bonds. The predicted octanol–water partition coefficient (Wildman–Crippen LogP) is 3.55. The Morgan fingerprint density at radius 1 is 1.30 bits per heavy atom. The van der Waals surface area contributed by atoms with Gasteiger partial charge in [0.25, 0.3) is 0 Å². The first kappa shape index (κ1) is 15.5. The molecule has 1 heterocycles. The van der Waals surface area contributed by atoms with Gasteiger partial charge in [-0.05, 0) is 38.4 Å². The number of likely N-dealkylation sites (tertiary alicyclic amines) is 1. The highest BCUT2D eigenvalue weighted by atomic mass is 35.5. The number of hydrogen-bond donors (Lipinski definition) is 1. The first-order valence-electron chi connectivity index (χ1n) is 7.32. The van der Waals surface area contributed by atoms with Crippen molar-refractivity contribution in [1.82, 2.24) is 4.90 Å². The third-order valence-electron chi connectivity index (χ3n) is 4.39. The fourth-order valence-corrected chi connectivity index (χ4v) is 3.37. The van der Waals surface area contributed by atoms with Gasteiger partial charge >= 0.3 is 0 Å². The van der Waals surface area contributed by atoms with Crippen LogP contribution in [0.15, 0.2) is 18.2 Å². The van der Waals surface area contributed by atoms with Crippen LogP contribution < -0.4 is 10.2 Å². The molecule has 1 saturated heterocycles. The number of hydrogen-bond acceptors (Lipinski definition) is 3. The molecule has 0 radical (unpaired) electrons. The molecule has 4 heteroatoms. The molecular formula is C16H26ClN3. The molecule has 3 unspecified atom stereocenters. The second-order valence-electron chi connectivity index (χ2n) is 6.28. The van der Waals surface area contributed by atoms with E-state index in [-0.39, 0.29) is 0 Å². The van der Waals surface area contributed by atoms with Crippen LogP contribution in [0.3, 0.4) is 0 Å². The maximum atomic E-state index is 6.34. The molecule has 0 saturated carbocycles. The standard InChI is InChI=1S/C16H26ClN3/c1-11-10-20(5)12(2)9-15(11)18-14-8-6-7-13(17)16(14)19(3)4/h6-8,11-12,15,18H,9-10H2,1-5H3. The van der Waals surface area contributed by atoms with Crippen LogP contribution in [0.4, 0.5) is 11.4 Å². The van der Waals surface area contributed by atoms with Crippen molar-refractivity contribution >= 4 is 23.0 Å². The van der Waals surface area contributed by atoms with Crippen LogP contribution in [0.1, 0.15) is 20.3 Å². The Bertz CT molecular complexity index is 461. The van der Waals surface area contributed by atoms with Crippen molar-refractivity contribution in [2.24, 2.45) is 5.92 Å². The van der Waals surface area contributed by atoms with Gasteiger partial charge < -0.3 is 15.1 Å². The van der Waals surface area contributed by atoms with E-state index in [1.165, 1.54) is 0 Å². The molecule has 1 aromatic carbocycles. The first-order chi connectivity index (χ1) is 9.40. The largest absolute Gasteiger partial charge is 0.380 e. The molecule has 3 nitrogen and oxygen atoms in total. The van der Waals surface area contributed by atoms with Gasteiger partial charge in [-0.2, -0.15) is 0 Å². The molecule has 1 N–H and O–H groups in total. The minimum absolute atomic E-state index is 0.498. The number of anilines is 2. The minimum Gasteiger partial charge on any atom is -0.380 e. The third-order valence-corrected chi connectivity index (χ3v) is 4.69. The molecular weight excluding hydrogens is 270 g/mol. The van der Waals surface area contributed by atoms with Crippen molar-refractivity contribution in [3.05, 3.63) is 23.2 Å². The lowest BCUT2D eigenvalue weighted by atomic mass is 9.89. The van der Waals surface area contributed by atoms with Gasteiger partial charge in [-0.15, -0.1) is 0 Å². The normalized spacial score (nSPS) is 27.4. The second-order valence-corrected chi connectivity index (χ2v) is 6.69. The number of rotatable bonds is 3. The Labute approximate surface area is 127 Å². The fourth-order valence-electron chi connectivity index (χ4n) is 3.03. The van der Waals surface area contributed by atoms with Crippen molar-refractivity contribution in [3.8, 4) is 0 Å². The van der Waals surface area contributed by atoms with E-state index in [9.17, 15) is 0 Å². The van der Waals surface area contributed by atoms with Crippen LogP contribution in [-0.2, 0) is 0 Å². The summed E-state index contributed by atoms with van der Waals surface area (Å²) in [5.41, 5.74) is 2.21. The zero-order chi connectivity index (χ0) is 14.9. The summed E-state index contributed by atoms with van der Waals surface area (Å²) in [6.45, 7) is 5.75. The van der Waals surface area contributed by atoms with Gasteiger partial charge in [-0.25, -0.2) is 0 Å². The Morgan fingerprint density at radius 2 is 2.00 bits per heavy atom. The van der Waals surface area contributed by atoms with Crippen LogP contribution in [0.5, 0.6) is 0 Å². The Kier molecular flexibility index (Phi) is 4.82. The van der Waals surface area contributed by atoms with Gasteiger partial charge in [-0.1, -0.05) is 24.6 Å². The molecule has 20 heavy (non-hydrogen) atoms. The average molecular weight is 296 g/mol. The lowest BCUT2D eigenvalue weighted by molar-refractivity contribution is 0.146. The molecule has 0 spiro atoms. The lowest BCUT2D eigenvalue weighted by Crippen LogP contribution is -2.48. The topological polar surface area (TPSA) is 18.5 Å². The Morgan fingerprint density at radius 3 is 2.65 bits per heavy atom. The highest BCUT2D eigenvalue weighted by Gasteiger charge is 2.29. The van der Waals surface area contributed by atoms with Gasteiger partial charge in [-0.3, -0.25) is 0 Å². The van der Waals surface area contributed by atoms with E-state index >= 15 is 0 Å². The van der Waals surface area contributed by atoms with Crippen molar-refractivity contribution in [2.75, 3.05) is 37.9 Å². The molecule has 0 bridgehead atoms. The van der Waals surface area contributed by atoms with E-state index in [0.29, 0.717) is 18.0 Å². The smallest absolute Gasteiger partial charge is 0.0786 e. The molecule has 0 aliphatic carbocycles. The zero-order valence-electron chi connectivity index (χ0n) is 13.2. The van der Waals surface area contributed by atoms with Gasteiger partial charge in [0.15, 0.2) is 0 Å². The Balaban J connectivity index is 2.20. The number of benzene rings is 1. The van der Waals surface area contributed by atoms with Crippen LogP contribution >= 0.6 is 11.6 Å². The average Bonchev–Trinajstić information content (AvgIpc) is 2.35. The summed E-state index contributed by atoms with van der Waals surface area (Å²) in [7, 11) is 6.28. The predicted molar refractivity (Wildman–Crippen MR) is 89.1 cm³/mol. The van der Waals surface area contributed by atoms with Crippen LogP contribution in [0.2, 0.25) is 5.02 Å². The molecule has 2 rings (SSSR count). The maximum absolute atomic E-state index is 6.34. The Hall–Kier alpha value is -0.930. The van der Waals surface area contributed by atoms with E-state index in [4.69, 9.17) is 11.6 Å². The van der Waals surface area contributed by atoms with E-state index < -0.39 is 0 Å². The van der Waals surface area contributed by atoms with Crippen LogP contribution in [0.25, 0.3) is 0 Å². The molecule has 1 aliphatic rings. The SMILES string of the molecule is CC1CN(C)C(C)CC1Nc1cccc(Cl)c1N(C)C. The molecule has 0 aromatic heterocycles. The van der Waals surface area contributed by atoms with Crippen molar-refractivity contribution in [1.29, 1.82) is 0 Å². The molecule has 1 fully saturated rings. The molecule has 1 aromatic rings. The highest BCUT2D eigenvalue weighted by Crippen LogP contribution is 2.34. The summed E-state index contributed by atoms with van der Waals surface area (Å²) in [6, 6.07) is 7.20. The van der Waals surface area contributed by atoms with Crippen molar-refractivity contribution in [3.63, 3.8) is 0 Å². The first-order valence-corrected chi connectivity index (χ1v) is 7.70. The van der Waals surface area contributed by atoms with E-state index in [1.807, 2.05) is 26.2 Å². The summed E-state index contributed by atoms with van der Waals surface area (Å²) >= 11 is 6.34. The van der Waals surface area contributed by atoms with E-state index in [2.05, 4.69) is 42.1 Å². The lowest BCUT2D eigenvalue weighted by Gasteiger charge is -2.40. The summed E-state index contributed by atoms with van der Waals surface area (Å²) in [6.07, 6.45) is 1.16. The second kappa shape index (κ2) is 6.23. The van der Waals surface area contributed by atoms with Gasteiger partial charge in [0, 0.05) is 32.7 Å². The number of nitrogens with one attached hydrogen (secondary N) is 1. The zero-order valence-corrected chi connectivity index (χ0v) is 13.9. The number of halogens is 1. The van der Waals surface area contributed by atoms with E-state index in [0.717, 1.165) is 29.4 Å². The maximum Gasteiger partial charge on any atom is 0.0786 e. The summed E-state index contributed by atoms with van der Waals surface area (Å²) < 4.78 is 0.